The summed E-state index contributed by atoms with van der Waals surface area (Å²) in [6, 6.07) is 7.68. The van der Waals surface area contributed by atoms with Gasteiger partial charge in [-0.05, 0) is 43.9 Å². The van der Waals surface area contributed by atoms with Crippen molar-refractivity contribution in [2.45, 2.75) is 26.2 Å². The maximum atomic E-state index is 6.32. The van der Waals surface area contributed by atoms with Crippen molar-refractivity contribution in [1.82, 2.24) is 9.97 Å². The van der Waals surface area contributed by atoms with E-state index in [0.717, 1.165) is 58.9 Å². The van der Waals surface area contributed by atoms with Gasteiger partial charge in [0, 0.05) is 30.2 Å². The zero-order chi connectivity index (χ0) is 17.8. The lowest BCUT2D eigenvalue weighted by atomic mass is 10.0. The summed E-state index contributed by atoms with van der Waals surface area (Å²) >= 11 is 0. The van der Waals surface area contributed by atoms with Crippen LogP contribution in [0.15, 0.2) is 41.2 Å². The fourth-order valence-corrected chi connectivity index (χ4v) is 3.00. The Hall–Kier alpha value is -2.89. The van der Waals surface area contributed by atoms with Crippen molar-refractivity contribution in [3.8, 4) is 5.75 Å². The van der Waals surface area contributed by atoms with Crippen LogP contribution in [0.2, 0.25) is 0 Å². The second-order valence-corrected chi connectivity index (χ2v) is 5.96. The summed E-state index contributed by atoms with van der Waals surface area (Å²) < 4.78 is 5.38. The Labute approximate surface area is 147 Å². The number of anilines is 2. The molecule has 3 rings (SSSR count). The summed E-state index contributed by atoms with van der Waals surface area (Å²) in [5, 5.41) is 3.24. The number of fused-ring (bicyclic) bond motifs is 1. The minimum Gasteiger partial charge on any atom is -0.495 e. The SMILES string of the molecule is CN=C(C)C1=C(N)CCCc2cnc(Nc3ccccc3OC)nc21. The minimum atomic E-state index is 0.513. The van der Waals surface area contributed by atoms with Crippen LogP contribution in [0, 0.1) is 0 Å². The van der Waals surface area contributed by atoms with Gasteiger partial charge in [-0.1, -0.05) is 12.1 Å². The number of hydrogen-bond donors (Lipinski definition) is 2. The van der Waals surface area contributed by atoms with Crippen LogP contribution < -0.4 is 15.8 Å². The first-order chi connectivity index (χ1) is 12.1. The van der Waals surface area contributed by atoms with Gasteiger partial charge in [-0.2, -0.15) is 0 Å². The first-order valence-electron chi connectivity index (χ1n) is 8.32. The topological polar surface area (TPSA) is 85.4 Å². The normalized spacial score (nSPS) is 14.8. The number of hydrogen-bond acceptors (Lipinski definition) is 6. The number of methoxy groups -OCH3 is 1. The molecule has 3 N–H and O–H groups in total. The molecule has 1 aromatic heterocycles. The molecule has 0 amide bonds. The standard InChI is InChI=1S/C19H23N5O/c1-12(21-2)17-14(20)8-6-7-13-11-22-19(24-18(13)17)23-15-9-4-5-10-16(15)25-3/h4-5,9-11H,6-8,20H2,1-3H3,(H,22,23,24). The average molecular weight is 337 g/mol. The van der Waals surface area contributed by atoms with Crippen molar-refractivity contribution in [2.75, 3.05) is 19.5 Å². The highest BCUT2D eigenvalue weighted by Crippen LogP contribution is 2.30. The van der Waals surface area contributed by atoms with E-state index in [-0.39, 0.29) is 0 Å². The maximum absolute atomic E-state index is 6.32. The molecule has 1 aliphatic carbocycles. The predicted octanol–water partition coefficient (Wildman–Crippen LogP) is 3.33. The maximum Gasteiger partial charge on any atom is 0.227 e. The molecule has 0 aliphatic heterocycles. The summed E-state index contributed by atoms with van der Waals surface area (Å²) in [5.41, 5.74) is 11.8. The third-order valence-corrected chi connectivity index (χ3v) is 4.37. The minimum absolute atomic E-state index is 0.513. The highest BCUT2D eigenvalue weighted by atomic mass is 16.5. The number of rotatable bonds is 4. The monoisotopic (exact) mass is 337 g/mol. The number of aryl methyl sites for hydroxylation is 1. The molecule has 25 heavy (non-hydrogen) atoms. The molecule has 6 heteroatoms. The molecule has 0 saturated carbocycles. The van der Waals surface area contributed by atoms with Crippen LogP contribution in [0.3, 0.4) is 0 Å². The molecular weight excluding hydrogens is 314 g/mol. The van der Waals surface area contributed by atoms with Crippen LogP contribution in [-0.4, -0.2) is 29.8 Å². The van der Waals surface area contributed by atoms with Crippen molar-refractivity contribution in [1.29, 1.82) is 0 Å². The van der Waals surface area contributed by atoms with E-state index >= 15 is 0 Å². The van der Waals surface area contributed by atoms with E-state index in [0.29, 0.717) is 5.95 Å². The number of allylic oxidation sites excluding steroid dienone is 2. The summed E-state index contributed by atoms with van der Waals surface area (Å²) in [6.07, 6.45) is 4.61. The Morgan fingerprint density at radius 1 is 1.28 bits per heavy atom. The van der Waals surface area contributed by atoms with Gasteiger partial charge in [-0.15, -0.1) is 0 Å². The summed E-state index contributed by atoms with van der Waals surface area (Å²) in [6.45, 7) is 1.97. The summed E-state index contributed by atoms with van der Waals surface area (Å²) in [5.74, 6) is 1.25. The summed E-state index contributed by atoms with van der Waals surface area (Å²) in [7, 11) is 3.41. The van der Waals surface area contributed by atoms with Crippen molar-refractivity contribution < 1.29 is 4.74 Å². The van der Waals surface area contributed by atoms with Crippen LogP contribution in [0.25, 0.3) is 5.57 Å². The van der Waals surface area contributed by atoms with Gasteiger partial charge >= 0.3 is 0 Å². The molecule has 130 valence electrons. The molecule has 6 nitrogen and oxygen atoms in total. The molecule has 0 atom stereocenters. The van der Waals surface area contributed by atoms with Gasteiger partial charge in [0.15, 0.2) is 0 Å². The van der Waals surface area contributed by atoms with E-state index in [9.17, 15) is 0 Å². The zero-order valence-corrected chi connectivity index (χ0v) is 14.8. The van der Waals surface area contributed by atoms with E-state index in [1.807, 2.05) is 37.4 Å². The van der Waals surface area contributed by atoms with Gasteiger partial charge in [-0.25, -0.2) is 9.97 Å². The quantitative estimate of drug-likeness (QED) is 0.836. The molecule has 1 aromatic carbocycles. The molecule has 1 heterocycles. The number of nitrogens with zero attached hydrogens (tertiary/aromatic N) is 3. The van der Waals surface area contributed by atoms with Gasteiger partial charge < -0.3 is 15.8 Å². The van der Waals surface area contributed by atoms with Crippen LogP contribution in [0.4, 0.5) is 11.6 Å². The van der Waals surface area contributed by atoms with E-state index < -0.39 is 0 Å². The number of nitrogens with one attached hydrogen (secondary N) is 1. The predicted molar refractivity (Wildman–Crippen MR) is 101 cm³/mol. The van der Waals surface area contributed by atoms with Gasteiger partial charge in [0.1, 0.15) is 5.75 Å². The second kappa shape index (κ2) is 7.34. The smallest absolute Gasteiger partial charge is 0.227 e. The van der Waals surface area contributed by atoms with Crippen LogP contribution in [0.5, 0.6) is 5.75 Å². The van der Waals surface area contributed by atoms with E-state index in [2.05, 4.69) is 15.3 Å². The molecule has 0 saturated heterocycles. The Bertz CT molecular complexity index is 841. The molecule has 0 spiro atoms. The molecule has 1 aliphatic rings. The Morgan fingerprint density at radius 3 is 2.84 bits per heavy atom. The highest BCUT2D eigenvalue weighted by molar-refractivity contribution is 6.23. The van der Waals surface area contributed by atoms with E-state index in [1.54, 1.807) is 14.2 Å². The van der Waals surface area contributed by atoms with Crippen molar-refractivity contribution >= 4 is 22.9 Å². The zero-order valence-electron chi connectivity index (χ0n) is 14.8. The fraction of sp³-hybridized carbons (Fsp3) is 0.316. The summed E-state index contributed by atoms with van der Waals surface area (Å²) in [4.78, 5) is 13.5. The van der Waals surface area contributed by atoms with Crippen LogP contribution in [-0.2, 0) is 6.42 Å². The first kappa shape index (κ1) is 17.0. The van der Waals surface area contributed by atoms with E-state index in [1.165, 1.54) is 0 Å². The second-order valence-electron chi connectivity index (χ2n) is 5.96. The first-order valence-corrected chi connectivity index (χ1v) is 8.32. The lowest BCUT2D eigenvalue weighted by Crippen LogP contribution is -2.11. The Kier molecular flexibility index (Phi) is 4.97. The van der Waals surface area contributed by atoms with Crippen molar-refractivity contribution in [3.63, 3.8) is 0 Å². The van der Waals surface area contributed by atoms with Crippen molar-refractivity contribution in [3.05, 3.63) is 47.4 Å². The molecular formula is C19H23N5O. The van der Waals surface area contributed by atoms with Crippen LogP contribution >= 0.6 is 0 Å². The molecule has 0 unspecified atom stereocenters. The van der Waals surface area contributed by atoms with E-state index in [4.69, 9.17) is 15.5 Å². The lowest BCUT2D eigenvalue weighted by Gasteiger charge is -2.14. The third kappa shape index (κ3) is 3.47. The number of ether oxygens (including phenoxy) is 1. The largest absolute Gasteiger partial charge is 0.495 e. The molecule has 2 aromatic rings. The number of benzene rings is 1. The Morgan fingerprint density at radius 2 is 2.08 bits per heavy atom. The van der Waals surface area contributed by atoms with Gasteiger partial charge in [0.25, 0.3) is 0 Å². The van der Waals surface area contributed by atoms with Gasteiger partial charge in [0.05, 0.1) is 18.5 Å². The number of para-hydroxylation sites is 2. The highest BCUT2D eigenvalue weighted by Gasteiger charge is 2.20. The Balaban J connectivity index is 2.04. The number of aromatic nitrogens is 2. The van der Waals surface area contributed by atoms with Crippen molar-refractivity contribution in [2.24, 2.45) is 10.7 Å². The number of nitrogens with two attached hydrogens (primary N) is 1. The lowest BCUT2D eigenvalue weighted by molar-refractivity contribution is 0.417. The molecule has 0 bridgehead atoms. The number of aliphatic imine (C=N–C) groups is 1. The molecule has 0 radical (unpaired) electrons. The average Bonchev–Trinajstić information content (AvgIpc) is 2.79. The van der Waals surface area contributed by atoms with Gasteiger partial charge in [0.2, 0.25) is 5.95 Å². The van der Waals surface area contributed by atoms with Crippen LogP contribution in [0.1, 0.15) is 31.0 Å². The third-order valence-electron chi connectivity index (χ3n) is 4.37. The molecule has 0 fully saturated rings. The fourth-order valence-electron chi connectivity index (χ4n) is 3.00. The van der Waals surface area contributed by atoms with Gasteiger partial charge in [-0.3, -0.25) is 4.99 Å².